The Morgan fingerprint density at radius 3 is 2.54 bits per heavy atom. The molecule has 0 aliphatic heterocycles. The van der Waals surface area contributed by atoms with Crippen molar-refractivity contribution in [3.8, 4) is 5.75 Å². The largest absolute Gasteiger partial charge is 0.497 e. The second kappa shape index (κ2) is 11.0. The van der Waals surface area contributed by atoms with Gasteiger partial charge in [0.25, 0.3) is 0 Å². The predicted molar refractivity (Wildman–Crippen MR) is 113 cm³/mol. The SMILES string of the molecule is CN=C(NCCc1nc(C(C)C)no1)N(C)Cc1ccc(OC)cc1.I. The molecule has 0 atom stereocenters. The van der Waals surface area contributed by atoms with Crippen LogP contribution in [0.5, 0.6) is 5.75 Å². The molecular weight excluding hydrogens is 445 g/mol. The summed E-state index contributed by atoms with van der Waals surface area (Å²) in [5.74, 6) is 3.34. The topological polar surface area (TPSA) is 75.8 Å². The zero-order valence-electron chi connectivity index (χ0n) is 16.0. The number of ether oxygens (including phenoxy) is 1. The number of aliphatic imine (C=N–C) groups is 1. The van der Waals surface area contributed by atoms with Crippen LogP contribution >= 0.6 is 24.0 Å². The normalized spacial score (nSPS) is 11.2. The summed E-state index contributed by atoms with van der Waals surface area (Å²) in [6.45, 7) is 5.52. The molecule has 0 radical (unpaired) electrons. The van der Waals surface area contributed by atoms with Gasteiger partial charge in [0.1, 0.15) is 5.75 Å². The van der Waals surface area contributed by atoms with E-state index in [0.29, 0.717) is 18.9 Å². The standard InChI is InChI=1S/C18H27N5O2.HI/c1-13(2)17-21-16(25-22-17)10-11-20-18(19-3)23(4)12-14-6-8-15(24-5)9-7-14;/h6-9,13H,10-12H2,1-5H3,(H,19,20);1H. The Balaban J connectivity index is 0.00000338. The Morgan fingerprint density at radius 1 is 1.31 bits per heavy atom. The van der Waals surface area contributed by atoms with Gasteiger partial charge in [-0.05, 0) is 17.7 Å². The van der Waals surface area contributed by atoms with Gasteiger partial charge < -0.3 is 19.5 Å². The summed E-state index contributed by atoms with van der Waals surface area (Å²) in [4.78, 5) is 10.8. The molecule has 0 saturated carbocycles. The molecule has 0 aliphatic rings. The number of hydrogen-bond donors (Lipinski definition) is 1. The summed E-state index contributed by atoms with van der Waals surface area (Å²) in [5.41, 5.74) is 1.18. The van der Waals surface area contributed by atoms with E-state index in [-0.39, 0.29) is 29.9 Å². The van der Waals surface area contributed by atoms with Crippen LogP contribution in [0.3, 0.4) is 0 Å². The number of benzene rings is 1. The summed E-state index contributed by atoms with van der Waals surface area (Å²) in [5, 5.41) is 7.30. The van der Waals surface area contributed by atoms with E-state index in [1.165, 1.54) is 5.56 Å². The lowest BCUT2D eigenvalue weighted by atomic mass is 10.2. The summed E-state index contributed by atoms with van der Waals surface area (Å²) in [6.07, 6.45) is 0.662. The van der Waals surface area contributed by atoms with E-state index >= 15 is 0 Å². The fraction of sp³-hybridized carbons (Fsp3) is 0.500. The molecule has 1 heterocycles. The van der Waals surface area contributed by atoms with Crippen molar-refractivity contribution >= 4 is 29.9 Å². The van der Waals surface area contributed by atoms with Crippen LogP contribution in [0.25, 0.3) is 0 Å². The van der Waals surface area contributed by atoms with Crippen molar-refractivity contribution in [2.75, 3.05) is 27.7 Å². The molecule has 8 heteroatoms. The number of hydrogen-bond acceptors (Lipinski definition) is 5. The van der Waals surface area contributed by atoms with E-state index < -0.39 is 0 Å². The number of nitrogens with one attached hydrogen (secondary N) is 1. The molecule has 2 rings (SSSR count). The van der Waals surface area contributed by atoms with Crippen LogP contribution in [0, 0.1) is 0 Å². The third-order valence-corrected chi connectivity index (χ3v) is 3.77. The molecule has 1 N–H and O–H groups in total. The summed E-state index contributed by atoms with van der Waals surface area (Å²) < 4.78 is 10.4. The van der Waals surface area contributed by atoms with Crippen LogP contribution in [0.15, 0.2) is 33.8 Å². The van der Waals surface area contributed by atoms with Gasteiger partial charge in [-0.2, -0.15) is 4.98 Å². The van der Waals surface area contributed by atoms with E-state index in [9.17, 15) is 0 Å². The average Bonchev–Trinajstić information content (AvgIpc) is 3.08. The van der Waals surface area contributed by atoms with Gasteiger partial charge >= 0.3 is 0 Å². The molecular formula is C18H28IN5O2. The maximum atomic E-state index is 5.25. The highest BCUT2D eigenvalue weighted by Gasteiger charge is 2.11. The van der Waals surface area contributed by atoms with Crippen molar-refractivity contribution in [1.29, 1.82) is 0 Å². The van der Waals surface area contributed by atoms with Crippen LogP contribution < -0.4 is 10.1 Å². The predicted octanol–water partition coefficient (Wildman–Crippen LogP) is 3.07. The molecule has 0 spiro atoms. The van der Waals surface area contributed by atoms with E-state index in [0.717, 1.165) is 24.1 Å². The van der Waals surface area contributed by atoms with Gasteiger partial charge in [0.05, 0.1) is 7.11 Å². The van der Waals surface area contributed by atoms with Crippen LogP contribution in [-0.2, 0) is 13.0 Å². The van der Waals surface area contributed by atoms with Crippen molar-refractivity contribution < 1.29 is 9.26 Å². The number of methoxy groups -OCH3 is 1. The number of halogens is 1. The smallest absolute Gasteiger partial charge is 0.228 e. The van der Waals surface area contributed by atoms with Crippen LogP contribution in [0.2, 0.25) is 0 Å². The molecule has 0 aliphatic carbocycles. The molecule has 0 fully saturated rings. The molecule has 26 heavy (non-hydrogen) atoms. The number of rotatable bonds is 7. The lowest BCUT2D eigenvalue weighted by molar-refractivity contribution is 0.370. The minimum absolute atomic E-state index is 0. The fourth-order valence-corrected chi connectivity index (χ4v) is 2.35. The van der Waals surface area contributed by atoms with E-state index in [4.69, 9.17) is 9.26 Å². The fourth-order valence-electron chi connectivity index (χ4n) is 2.35. The molecule has 1 aromatic heterocycles. The lowest BCUT2D eigenvalue weighted by Crippen LogP contribution is -2.39. The van der Waals surface area contributed by atoms with Gasteiger partial charge in [0.15, 0.2) is 11.8 Å². The molecule has 0 amide bonds. The molecule has 1 aromatic carbocycles. The molecule has 7 nitrogen and oxygen atoms in total. The van der Waals surface area contributed by atoms with Gasteiger partial charge in [-0.15, -0.1) is 24.0 Å². The average molecular weight is 473 g/mol. The highest BCUT2D eigenvalue weighted by Crippen LogP contribution is 2.13. The first-order valence-electron chi connectivity index (χ1n) is 8.40. The van der Waals surface area contributed by atoms with Crippen molar-refractivity contribution in [3.63, 3.8) is 0 Å². The lowest BCUT2D eigenvalue weighted by Gasteiger charge is -2.22. The molecule has 0 unspecified atom stereocenters. The molecule has 144 valence electrons. The Bertz CT molecular complexity index is 685. The molecule has 0 bridgehead atoms. The second-order valence-corrected chi connectivity index (χ2v) is 6.13. The summed E-state index contributed by atoms with van der Waals surface area (Å²) in [6, 6.07) is 8.02. The van der Waals surface area contributed by atoms with Gasteiger partial charge in [-0.1, -0.05) is 31.1 Å². The molecule has 0 saturated heterocycles. The molecule has 2 aromatic rings. The van der Waals surface area contributed by atoms with E-state index in [1.807, 2.05) is 33.0 Å². The zero-order chi connectivity index (χ0) is 18.2. The number of nitrogens with zero attached hydrogens (tertiary/aromatic N) is 4. The minimum atomic E-state index is 0. The van der Waals surface area contributed by atoms with Crippen molar-refractivity contribution in [3.05, 3.63) is 41.5 Å². The van der Waals surface area contributed by atoms with Crippen LogP contribution in [0.1, 0.15) is 37.0 Å². The first kappa shape index (κ1) is 22.2. The Kier molecular flexibility index (Phi) is 9.39. The number of guanidine groups is 1. The summed E-state index contributed by atoms with van der Waals surface area (Å²) in [7, 11) is 5.44. The van der Waals surface area contributed by atoms with Gasteiger partial charge in [-0.3, -0.25) is 4.99 Å². The first-order valence-corrected chi connectivity index (χ1v) is 8.40. The van der Waals surface area contributed by atoms with Gasteiger partial charge in [0, 0.05) is 39.5 Å². The maximum absolute atomic E-state index is 5.25. The van der Waals surface area contributed by atoms with Crippen LogP contribution in [0.4, 0.5) is 0 Å². The number of aromatic nitrogens is 2. The third-order valence-electron chi connectivity index (χ3n) is 3.77. The van der Waals surface area contributed by atoms with Crippen LogP contribution in [-0.4, -0.2) is 48.8 Å². The van der Waals surface area contributed by atoms with E-state index in [1.54, 1.807) is 14.2 Å². The zero-order valence-corrected chi connectivity index (χ0v) is 18.4. The monoisotopic (exact) mass is 473 g/mol. The van der Waals surface area contributed by atoms with Crippen molar-refractivity contribution in [1.82, 2.24) is 20.4 Å². The Labute approximate surface area is 172 Å². The second-order valence-electron chi connectivity index (χ2n) is 6.13. The van der Waals surface area contributed by atoms with Crippen molar-refractivity contribution in [2.45, 2.75) is 32.7 Å². The Hall–Kier alpha value is -1.84. The van der Waals surface area contributed by atoms with Gasteiger partial charge in [0.2, 0.25) is 5.89 Å². The van der Waals surface area contributed by atoms with Gasteiger partial charge in [-0.25, -0.2) is 0 Å². The highest BCUT2D eigenvalue weighted by atomic mass is 127. The minimum Gasteiger partial charge on any atom is -0.497 e. The Morgan fingerprint density at radius 2 is 2.00 bits per heavy atom. The first-order chi connectivity index (χ1) is 12.0. The summed E-state index contributed by atoms with van der Waals surface area (Å²) >= 11 is 0. The quantitative estimate of drug-likeness (QED) is 0.379. The van der Waals surface area contributed by atoms with Crippen molar-refractivity contribution in [2.24, 2.45) is 4.99 Å². The third kappa shape index (κ3) is 6.47. The highest BCUT2D eigenvalue weighted by molar-refractivity contribution is 14.0. The maximum Gasteiger partial charge on any atom is 0.228 e. The van der Waals surface area contributed by atoms with E-state index in [2.05, 4.69) is 37.5 Å².